The number of nitrogens with zero attached hydrogens (tertiary/aromatic N) is 5. The number of hydrazine groups is 1. The van der Waals surface area contributed by atoms with E-state index in [2.05, 4.69) is 98.1 Å². The van der Waals surface area contributed by atoms with Crippen LogP contribution in [0.5, 0.6) is 5.75 Å². The third-order valence-corrected chi connectivity index (χ3v) is 13.7. The van der Waals surface area contributed by atoms with Crippen LogP contribution in [0, 0.1) is 11.3 Å². The fraction of sp³-hybridized carbons (Fsp3) is 0.491. The highest BCUT2D eigenvalue weighted by Crippen LogP contribution is 2.42. The second kappa shape index (κ2) is 20.3. The molecular weight excluding hydrogens is 866 g/mol. The lowest BCUT2D eigenvalue weighted by Crippen LogP contribution is -2.63. The van der Waals surface area contributed by atoms with Gasteiger partial charge in [-0.25, -0.2) is 9.82 Å². The fourth-order valence-corrected chi connectivity index (χ4v) is 10.3. The Labute approximate surface area is 399 Å². The van der Waals surface area contributed by atoms with Crippen LogP contribution in [0.2, 0.25) is 0 Å². The van der Waals surface area contributed by atoms with E-state index in [1.807, 2.05) is 12.1 Å². The number of alkyl halides is 1. The highest BCUT2D eigenvalue weighted by molar-refractivity contribution is 5.97. The quantitative estimate of drug-likeness (QED) is 0.121. The summed E-state index contributed by atoms with van der Waals surface area (Å²) in [5.74, 6) is -3.46. The van der Waals surface area contributed by atoms with Gasteiger partial charge in [-0.3, -0.25) is 29.0 Å². The van der Waals surface area contributed by atoms with Gasteiger partial charge in [0.1, 0.15) is 23.9 Å². The number of likely N-dealkylation sites (tertiary alicyclic amines) is 1. The maximum atomic E-state index is 16.4. The number of amides is 4. The molecule has 7 rings (SSSR count). The van der Waals surface area contributed by atoms with Crippen molar-refractivity contribution in [2.45, 2.75) is 110 Å². The molecule has 3 aliphatic rings. The summed E-state index contributed by atoms with van der Waals surface area (Å²) in [5.41, 5.74) is 7.89. The predicted molar refractivity (Wildman–Crippen MR) is 261 cm³/mol. The minimum absolute atomic E-state index is 0.0181. The summed E-state index contributed by atoms with van der Waals surface area (Å²) in [4.78, 5) is 74.1. The Morgan fingerprint density at radius 1 is 1.01 bits per heavy atom. The first-order chi connectivity index (χ1) is 32.2. The normalized spacial score (nSPS) is 20.2. The molecule has 4 amide bonds. The molecule has 3 atom stereocenters. The Morgan fingerprint density at radius 3 is 2.41 bits per heavy atom. The van der Waals surface area contributed by atoms with E-state index in [1.54, 1.807) is 26.0 Å². The molecule has 68 heavy (non-hydrogen) atoms. The van der Waals surface area contributed by atoms with Crippen LogP contribution in [-0.2, 0) is 54.6 Å². The summed E-state index contributed by atoms with van der Waals surface area (Å²) in [6.45, 7) is 15.1. The Kier molecular flexibility index (Phi) is 14.9. The molecular formula is C53H68FN7O7. The second-order valence-electron chi connectivity index (χ2n) is 20.2. The average molecular weight is 934 g/mol. The highest BCUT2D eigenvalue weighted by Gasteiger charge is 2.47. The van der Waals surface area contributed by atoms with E-state index in [9.17, 15) is 29.1 Å². The van der Waals surface area contributed by atoms with Crippen molar-refractivity contribution in [3.8, 4) is 28.1 Å². The van der Waals surface area contributed by atoms with Crippen LogP contribution in [0.15, 0.2) is 73.3 Å². The molecule has 2 fully saturated rings. The third-order valence-electron chi connectivity index (χ3n) is 13.7. The maximum absolute atomic E-state index is 16.4. The van der Waals surface area contributed by atoms with Crippen molar-refractivity contribution in [1.82, 2.24) is 35.0 Å². The van der Waals surface area contributed by atoms with Gasteiger partial charge in [-0.05, 0) is 104 Å². The molecule has 4 heterocycles. The molecule has 3 N–H and O–H groups in total. The first kappa shape index (κ1) is 49.8. The van der Waals surface area contributed by atoms with Crippen LogP contribution in [0.3, 0.4) is 0 Å². The number of piperidine rings is 1. The van der Waals surface area contributed by atoms with Gasteiger partial charge in [-0.1, -0.05) is 70.7 Å². The molecule has 1 unspecified atom stereocenters. The molecule has 2 saturated heterocycles. The van der Waals surface area contributed by atoms with Crippen LogP contribution < -0.4 is 10.7 Å². The number of aromatic hydroxyl groups is 1. The van der Waals surface area contributed by atoms with Crippen LogP contribution in [0.25, 0.3) is 33.3 Å². The Bertz CT molecular complexity index is 2580. The number of likely N-dealkylation sites (N-methyl/N-ethyl adjacent to an activating group) is 1. The number of carbonyl (C=O) groups is 5. The van der Waals surface area contributed by atoms with Gasteiger partial charge in [-0.2, -0.15) is 0 Å². The first-order valence-corrected chi connectivity index (χ1v) is 23.9. The topological polar surface area (TPSA) is 157 Å². The number of benzene rings is 3. The van der Waals surface area contributed by atoms with Crippen molar-refractivity contribution >= 4 is 40.5 Å². The summed E-state index contributed by atoms with van der Waals surface area (Å²) < 4.78 is 24.9. The number of fused-ring (bicyclic) bond motifs is 6. The monoisotopic (exact) mass is 934 g/mol. The van der Waals surface area contributed by atoms with Crippen molar-refractivity contribution in [2.24, 2.45) is 11.3 Å². The molecule has 3 aliphatic heterocycles. The number of ether oxygens (including phenoxy) is 1. The number of hydrogen-bond acceptors (Lipinski definition) is 9. The van der Waals surface area contributed by atoms with Crippen LogP contribution in [-0.4, -0.2) is 130 Å². The van der Waals surface area contributed by atoms with E-state index in [-0.39, 0.29) is 57.2 Å². The van der Waals surface area contributed by atoms with Crippen molar-refractivity contribution < 1.29 is 38.2 Å². The average Bonchev–Trinajstić information content (AvgIpc) is 3.60. The number of aromatic nitrogens is 1. The smallest absolute Gasteiger partial charge is 0.324 e. The van der Waals surface area contributed by atoms with Crippen molar-refractivity contribution in [3.05, 3.63) is 90.0 Å². The maximum Gasteiger partial charge on any atom is 0.324 e. The zero-order valence-corrected chi connectivity index (χ0v) is 40.9. The number of aryl methyl sites for hydroxylation is 1. The lowest BCUT2D eigenvalue weighted by Gasteiger charge is -2.40. The number of rotatable bonds is 10. The number of carbonyl (C=O) groups excluding carboxylic acids is 5. The van der Waals surface area contributed by atoms with Crippen LogP contribution in [0.1, 0.15) is 77.0 Å². The molecule has 15 heteroatoms. The molecule has 14 nitrogen and oxygen atoms in total. The van der Waals surface area contributed by atoms with Crippen molar-refractivity contribution in [2.75, 3.05) is 47.4 Å². The summed E-state index contributed by atoms with van der Waals surface area (Å²) in [6, 6.07) is 16.6. The fourth-order valence-electron chi connectivity index (χ4n) is 10.3. The Morgan fingerprint density at radius 2 is 1.74 bits per heavy atom. The number of hydrogen-bond donors (Lipinski definition) is 3. The molecule has 4 aromatic rings. The standard InChI is InChI=1S/C53H68FN7O7/c1-10-45(63)59-23-20-53(54,21-24-59)51(67)58(9)46(33(3)4)48(64)55-43-27-34-25-37(28-38(62)26-34)35-18-19-44-40(29-35)41(47(60(44)11-2)39-16-13-12-15-36(39)31-57(7)8)30-52(5,6)32-68-50(66)42-17-14-22-61(56-42)49(43)65/h10,12-13,15-16,18-19,25-26,28-29,33,42-43,46,56,62H,1,11,14,17,20-24,27,30-32H2,2-9H3,(H,55,64)/t42-,43-,46?/m0/s1. The van der Waals surface area contributed by atoms with Crippen molar-refractivity contribution in [1.29, 1.82) is 0 Å². The second-order valence-corrected chi connectivity index (χ2v) is 20.2. The van der Waals surface area contributed by atoms with E-state index < -0.39 is 58.8 Å². The molecule has 0 aliphatic carbocycles. The molecule has 0 spiro atoms. The zero-order chi connectivity index (χ0) is 49.2. The molecule has 0 radical (unpaired) electrons. The largest absolute Gasteiger partial charge is 0.508 e. The lowest BCUT2D eigenvalue weighted by molar-refractivity contribution is -0.156. The van der Waals surface area contributed by atoms with Crippen molar-refractivity contribution in [3.63, 3.8) is 0 Å². The number of phenols is 1. The number of phenolic OH excluding ortho intramolecular Hbond substituents is 1. The number of cyclic esters (lactones) is 1. The molecule has 0 saturated carbocycles. The van der Waals surface area contributed by atoms with Crippen LogP contribution in [0.4, 0.5) is 4.39 Å². The van der Waals surface area contributed by atoms with Gasteiger partial charge in [0.15, 0.2) is 5.67 Å². The minimum atomic E-state index is -2.31. The van der Waals surface area contributed by atoms with Gasteiger partial charge in [0.05, 0.1) is 12.3 Å². The summed E-state index contributed by atoms with van der Waals surface area (Å²) in [5, 5.41) is 16.6. The summed E-state index contributed by atoms with van der Waals surface area (Å²) in [7, 11) is 5.50. The molecule has 1 aromatic heterocycles. The zero-order valence-electron chi connectivity index (χ0n) is 40.9. The van der Waals surface area contributed by atoms with E-state index >= 15 is 4.39 Å². The SMILES string of the molecule is C=CC(=O)N1CCC(F)(C(=O)N(C)C(C(=O)N[C@H]2Cc3cc(O)cc(c3)-c3ccc4c(c3)c(c(-c3ccccc3CN(C)C)n4CC)CC(C)(C)COC(=O)[C@@H]3CCCN(N3)C2=O)C(C)C)CC1. The Balaban J connectivity index is 1.30. The van der Waals surface area contributed by atoms with Gasteiger partial charge in [0.25, 0.3) is 11.8 Å². The van der Waals surface area contributed by atoms with E-state index in [0.29, 0.717) is 36.9 Å². The van der Waals surface area contributed by atoms with Gasteiger partial charge in [0.2, 0.25) is 11.8 Å². The number of halogens is 1. The molecule has 6 bridgehead atoms. The highest BCUT2D eigenvalue weighted by atomic mass is 19.1. The lowest BCUT2D eigenvalue weighted by atomic mass is 9.84. The Hall–Kier alpha value is -6.06. The number of nitrogens with one attached hydrogen (secondary N) is 2. The van der Waals surface area contributed by atoms with Crippen LogP contribution >= 0.6 is 0 Å². The van der Waals surface area contributed by atoms with E-state index in [1.165, 1.54) is 22.5 Å². The first-order valence-electron chi connectivity index (χ1n) is 23.9. The molecule has 3 aromatic carbocycles. The van der Waals surface area contributed by atoms with E-state index in [0.717, 1.165) is 50.8 Å². The van der Waals surface area contributed by atoms with Gasteiger partial charge >= 0.3 is 5.97 Å². The third kappa shape index (κ3) is 10.5. The molecule has 364 valence electrons. The van der Waals surface area contributed by atoms with Gasteiger partial charge < -0.3 is 34.4 Å². The van der Waals surface area contributed by atoms with Gasteiger partial charge in [-0.15, -0.1) is 0 Å². The summed E-state index contributed by atoms with van der Waals surface area (Å²) in [6.07, 6.45) is 2.08. The summed E-state index contributed by atoms with van der Waals surface area (Å²) >= 11 is 0. The minimum Gasteiger partial charge on any atom is -0.508 e. The van der Waals surface area contributed by atoms with E-state index in [4.69, 9.17) is 4.74 Å². The van der Waals surface area contributed by atoms with Gasteiger partial charge in [0, 0.05) is 80.9 Å². The predicted octanol–water partition coefficient (Wildman–Crippen LogP) is 6.41. The number of esters is 1.